The van der Waals surface area contributed by atoms with E-state index < -0.39 is 23.5 Å². The van der Waals surface area contributed by atoms with Gasteiger partial charge in [-0.05, 0) is 37.8 Å². The fourth-order valence-electron chi connectivity index (χ4n) is 3.65. The summed E-state index contributed by atoms with van der Waals surface area (Å²) >= 11 is 0. The number of fused-ring (bicyclic) bond motifs is 1. The lowest BCUT2D eigenvalue weighted by Gasteiger charge is -2.37. The number of carbonyl (C=O) groups excluding carboxylic acids is 1. The normalized spacial score (nSPS) is 18.8. The first-order chi connectivity index (χ1) is 12.8. The van der Waals surface area contributed by atoms with Crippen molar-refractivity contribution in [3.8, 4) is 0 Å². The van der Waals surface area contributed by atoms with Crippen LogP contribution in [0, 0.1) is 5.92 Å². The molecule has 1 heterocycles. The number of anilines is 1. The van der Waals surface area contributed by atoms with Crippen molar-refractivity contribution in [1.82, 2.24) is 0 Å². The molecule has 9 heteroatoms. The highest BCUT2D eigenvalue weighted by Gasteiger charge is 2.73. The molecule has 0 bridgehead atoms. The van der Waals surface area contributed by atoms with Gasteiger partial charge in [0.1, 0.15) is 0 Å². The molecule has 1 aromatic rings. The Bertz CT molecular complexity index is 712. The van der Waals surface area contributed by atoms with Crippen LogP contribution in [0.5, 0.6) is 0 Å². The summed E-state index contributed by atoms with van der Waals surface area (Å²) in [6.07, 6.45) is -10.0. The topological polar surface area (TPSA) is 29.5 Å². The molecule has 0 saturated carbocycles. The van der Waals surface area contributed by atoms with Crippen LogP contribution < -0.4 is 4.90 Å². The van der Waals surface area contributed by atoms with E-state index in [-0.39, 0.29) is 29.9 Å². The van der Waals surface area contributed by atoms with Gasteiger partial charge in [-0.25, -0.2) is 0 Å². The molecule has 1 unspecified atom stereocenters. The highest BCUT2D eigenvalue weighted by molar-refractivity contribution is 5.96. The lowest BCUT2D eigenvalue weighted by molar-refractivity contribution is -0.383. The molecule has 1 aliphatic rings. The van der Waals surface area contributed by atoms with Crippen molar-refractivity contribution in [2.75, 3.05) is 12.0 Å². The quantitative estimate of drug-likeness (QED) is 0.626. The molecule has 0 fully saturated rings. The van der Waals surface area contributed by atoms with Gasteiger partial charge in [0.2, 0.25) is 5.91 Å². The van der Waals surface area contributed by atoms with Crippen molar-refractivity contribution in [3.63, 3.8) is 0 Å². The van der Waals surface area contributed by atoms with Crippen LogP contribution in [0.2, 0.25) is 0 Å². The lowest BCUT2D eigenvalue weighted by Crippen LogP contribution is -2.55. The minimum atomic E-state index is -5.71. The zero-order valence-electron chi connectivity index (χ0n) is 16.0. The van der Waals surface area contributed by atoms with E-state index in [2.05, 4.69) is 4.74 Å². The Morgan fingerprint density at radius 2 is 1.71 bits per heavy atom. The fourth-order valence-corrected chi connectivity index (χ4v) is 3.65. The molecule has 0 saturated heterocycles. The largest absolute Gasteiger partial charge is 0.430 e. The van der Waals surface area contributed by atoms with Crippen molar-refractivity contribution in [2.45, 2.75) is 64.0 Å². The number of aryl methyl sites for hydroxylation is 1. The molecule has 0 aliphatic carbocycles. The number of carbonyl (C=O) groups is 1. The van der Waals surface area contributed by atoms with E-state index in [9.17, 15) is 31.1 Å². The van der Waals surface area contributed by atoms with Crippen LogP contribution in [0.4, 0.5) is 32.0 Å². The monoisotopic (exact) mass is 411 g/mol. The molecule has 28 heavy (non-hydrogen) atoms. The number of methoxy groups -OCH3 is 1. The summed E-state index contributed by atoms with van der Waals surface area (Å²) in [7, 11) is 0.392. The highest BCUT2D eigenvalue weighted by atomic mass is 19.4. The second-order valence-corrected chi connectivity index (χ2v) is 7.33. The summed E-state index contributed by atoms with van der Waals surface area (Å²) in [6, 6.07) is 2.58. The lowest BCUT2D eigenvalue weighted by atomic mass is 9.89. The number of amides is 1. The van der Waals surface area contributed by atoms with Crippen LogP contribution in [0.25, 0.3) is 0 Å². The molecule has 1 atom stereocenters. The number of nitrogens with zero attached hydrogens (tertiary/aromatic N) is 1. The fraction of sp³-hybridized carbons (Fsp3) is 0.632. The second kappa shape index (κ2) is 7.57. The van der Waals surface area contributed by atoms with Crippen LogP contribution in [0.3, 0.4) is 0 Å². The van der Waals surface area contributed by atoms with E-state index in [0.29, 0.717) is 25.6 Å². The number of hydrogen-bond donors (Lipinski definition) is 0. The number of rotatable bonds is 3. The average molecular weight is 411 g/mol. The molecule has 1 aromatic carbocycles. The summed E-state index contributed by atoms with van der Waals surface area (Å²) < 4.78 is 85.3. The van der Waals surface area contributed by atoms with Gasteiger partial charge < -0.3 is 9.64 Å². The molecule has 3 nitrogen and oxygen atoms in total. The average Bonchev–Trinajstić information content (AvgIpc) is 2.70. The molecule has 0 N–H and O–H groups in total. The first-order valence-electron chi connectivity index (χ1n) is 8.93. The van der Waals surface area contributed by atoms with Crippen LogP contribution in [-0.4, -0.2) is 31.4 Å². The smallest absolute Gasteiger partial charge is 0.357 e. The third-order valence-electron chi connectivity index (χ3n) is 5.09. The summed E-state index contributed by atoms with van der Waals surface area (Å²) in [6.45, 7) is 5.20. The van der Waals surface area contributed by atoms with Gasteiger partial charge in [-0.3, -0.25) is 4.79 Å². The Morgan fingerprint density at radius 1 is 1.14 bits per heavy atom. The minimum Gasteiger partial charge on any atom is -0.357 e. The molecule has 1 amide bonds. The molecule has 158 valence electrons. The van der Waals surface area contributed by atoms with Gasteiger partial charge in [0.05, 0.1) is 0 Å². The van der Waals surface area contributed by atoms with Crippen molar-refractivity contribution in [2.24, 2.45) is 5.92 Å². The number of ether oxygens (including phenoxy) is 1. The minimum absolute atomic E-state index is 0.209. The van der Waals surface area contributed by atoms with E-state index in [0.717, 1.165) is 18.2 Å². The Balaban J connectivity index is 2.69. The van der Waals surface area contributed by atoms with Gasteiger partial charge in [-0.1, -0.05) is 26.0 Å². The van der Waals surface area contributed by atoms with Gasteiger partial charge in [-0.15, -0.1) is 0 Å². The summed E-state index contributed by atoms with van der Waals surface area (Å²) in [5.74, 6) is -0.593. The highest BCUT2D eigenvalue weighted by Crippen LogP contribution is 2.53. The van der Waals surface area contributed by atoms with Gasteiger partial charge in [0.15, 0.2) is 0 Å². The molecule has 1 aliphatic heterocycles. The molecule has 2 rings (SSSR count). The van der Waals surface area contributed by atoms with Gasteiger partial charge in [0, 0.05) is 30.3 Å². The Labute approximate surface area is 159 Å². The Kier molecular flexibility index (Phi) is 6.09. The summed E-state index contributed by atoms with van der Waals surface area (Å²) in [5, 5.41) is 0. The van der Waals surface area contributed by atoms with Gasteiger partial charge in [-0.2, -0.15) is 26.3 Å². The predicted octanol–water partition coefficient (Wildman–Crippen LogP) is 5.37. The van der Waals surface area contributed by atoms with E-state index in [1.54, 1.807) is 13.8 Å². The van der Waals surface area contributed by atoms with Crippen molar-refractivity contribution in [3.05, 3.63) is 29.3 Å². The molecular formula is C19H23F6NO2. The molecule has 0 radical (unpaired) electrons. The zero-order valence-corrected chi connectivity index (χ0v) is 16.0. The third kappa shape index (κ3) is 3.60. The van der Waals surface area contributed by atoms with Crippen LogP contribution >= 0.6 is 0 Å². The van der Waals surface area contributed by atoms with Crippen LogP contribution in [0.15, 0.2) is 18.2 Å². The maximum atomic E-state index is 13.5. The second-order valence-electron chi connectivity index (χ2n) is 7.33. The first kappa shape index (κ1) is 22.5. The number of hydrogen-bond acceptors (Lipinski definition) is 2. The Hall–Kier alpha value is -1.77. The predicted molar refractivity (Wildman–Crippen MR) is 92.0 cm³/mol. The van der Waals surface area contributed by atoms with E-state index >= 15 is 0 Å². The maximum absolute atomic E-state index is 13.5. The van der Waals surface area contributed by atoms with E-state index in [1.165, 1.54) is 4.90 Å². The maximum Gasteiger partial charge on any atom is 0.430 e. The van der Waals surface area contributed by atoms with Crippen molar-refractivity contribution in [1.29, 1.82) is 0 Å². The van der Waals surface area contributed by atoms with Gasteiger partial charge >= 0.3 is 12.4 Å². The van der Waals surface area contributed by atoms with Crippen molar-refractivity contribution < 1.29 is 35.9 Å². The molecule has 0 spiro atoms. The third-order valence-corrected chi connectivity index (χ3v) is 5.09. The van der Waals surface area contributed by atoms with Gasteiger partial charge in [0.25, 0.3) is 5.60 Å². The van der Waals surface area contributed by atoms with E-state index in [4.69, 9.17) is 0 Å². The first-order valence-corrected chi connectivity index (χ1v) is 8.93. The number of benzene rings is 1. The summed E-state index contributed by atoms with van der Waals surface area (Å²) in [4.78, 5) is 14.1. The van der Waals surface area contributed by atoms with E-state index in [1.807, 2.05) is 6.92 Å². The summed E-state index contributed by atoms with van der Waals surface area (Å²) in [5.41, 5.74) is -4.85. The number of alkyl halides is 6. The van der Waals surface area contributed by atoms with Crippen molar-refractivity contribution >= 4 is 11.6 Å². The molecular weight excluding hydrogens is 388 g/mol. The van der Waals surface area contributed by atoms with Crippen LogP contribution in [-0.2, 0) is 21.6 Å². The Morgan fingerprint density at radius 3 is 2.18 bits per heavy atom. The number of halogens is 6. The van der Waals surface area contributed by atoms with Crippen LogP contribution in [0.1, 0.15) is 44.7 Å². The SMILES string of the molecule is COC(c1ccc2c(c1)CCCC(C)N2C(=O)C(C)C)(C(F)(F)F)C(F)(F)F. The standard InChI is InChI=1S/C19H23F6NO2/c1-11(2)16(27)26-12(3)6-5-7-13-10-14(8-9-15(13)26)17(28-4,18(20,21)22)19(23,24)25/h8-12H,5-7H2,1-4H3. The zero-order chi connectivity index (χ0) is 21.5. The molecule has 0 aromatic heterocycles.